The molecule has 33 heavy (non-hydrogen) atoms. The van der Waals surface area contributed by atoms with Gasteiger partial charge in [0.05, 0.1) is 0 Å². The summed E-state index contributed by atoms with van der Waals surface area (Å²) < 4.78 is 0. The number of hydrogen-bond acceptors (Lipinski definition) is 0. The molecule has 0 saturated carbocycles. The van der Waals surface area contributed by atoms with Crippen LogP contribution in [0.4, 0.5) is 0 Å². The van der Waals surface area contributed by atoms with Crippen LogP contribution < -0.4 is 0 Å². The van der Waals surface area contributed by atoms with E-state index in [1.54, 1.807) is 0 Å². The van der Waals surface area contributed by atoms with Crippen molar-refractivity contribution in [2.75, 3.05) is 0 Å². The molecular formula is C33H68. The van der Waals surface area contributed by atoms with Crippen molar-refractivity contribution >= 4 is 0 Å². The third-order valence-electron chi connectivity index (χ3n) is 8.14. The molecule has 0 aromatic heterocycles. The van der Waals surface area contributed by atoms with E-state index in [1.807, 2.05) is 0 Å². The number of hydrogen-bond donors (Lipinski definition) is 0. The minimum atomic E-state index is 0.947. The summed E-state index contributed by atoms with van der Waals surface area (Å²) in [5.41, 5.74) is 0. The third-order valence-corrected chi connectivity index (χ3v) is 8.14. The Morgan fingerprint density at radius 3 is 0.818 bits per heavy atom. The van der Waals surface area contributed by atoms with Crippen LogP contribution in [0.1, 0.15) is 201 Å². The Hall–Kier alpha value is 0. The van der Waals surface area contributed by atoms with Crippen LogP contribution >= 0.6 is 0 Å². The zero-order valence-electron chi connectivity index (χ0n) is 24.2. The average molecular weight is 465 g/mol. The van der Waals surface area contributed by atoms with Gasteiger partial charge in [-0.25, -0.2) is 0 Å². The van der Waals surface area contributed by atoms with Crippen molar-refractivity contribution in [3.63, 3.8) is 0 Å². The first-order chi connectivity index (χ1) is 16.2. The molecule has 0 amide bonds. The summed E-state index contributed by atoms with van der Waals surface area (Å²) in [7, 11) is 0. The second-order valence-electron chi connectivity index (χ2n) is 11.8. The fraction of sp³-hybridized carbons (Fsp3) is 1.00. The molecule has 0 fully saturated rings. The van der Waals surface area contributed by atoms with E-state index in [2.05, 4.69) is 27.7 Å². The molecule has 0 nitrogen and oxygen atoms in total. The molecule has 0 aromatic carbocycles. The van der Waals surface area contributed by atoms with Crippen LogP contribution in [-0.2, 0) is 0 Å². The van der Waals surface area contributed by atoms with Gasteiger partial charge in [-0.05, 0) is 11.8 Å². The van der Waals surface area contributed by atoms with Gasteiger partial charge in [-0.1, -0.05) is 201 Å². The molecule has 0 bridgehead atoms. The second-order valence-corrected chi connectivity index (χ2v) is 11.8. The van der Waals surface area contributed by atoms with E-state index in [4.69, 9.17) is 0 Å². The molecular weight excluding hydrogens is 396 g/mol. The highest BCUT2D eigenvalue weighted by atomic mass is 14.1. The van der Waals surface area contributed by atoms with E-state index in [0.717, 1.165) is 11.8 Å². The SMILES string of the molecule is CCCCCCCCCCCCCCC(C)CCCCCCCCCCCCCC(C)CC. The highest BCUT2D eigenvalue weighted by Gasteiger charge is 2.02. The Bertz CT molecular complexity index is 333. The summed E-state index contributed by atoms with van der Waals surface area (Å²) >= 11 is 0. The maximum Gasteiger partial charge on any atom is -0.0443 e. The quantitative estimate of drug-likeness (QED) is 0.101. The molecule has 0 rings (SSSR count). The van der Waals surface area contributed by atoms with E-state index in [0.29, 0.717) is 0 Å². The number of unbranched alkanes of at least 4 members (excludes halogenated alkanes) is 21. The first-order valence-electron chi connectivity index (χ1n) is 16.2. The summed E-state index contributed by atoms with van der Waals surface area (Å²) in [6.07, 6.45) is 39.7. The maximum absolute atomic E-state index is 2.50. The summed E-state index contributed by atoms with van der Waals surface area (Å²) in [5, 5.41) is 0. The Labute approximate surface area is 212 Å². The fourth-order valence-electron chi connectivity index (χ4n) is 5.26. The average Bonchev–Trinajstić information content (AvgIpc) is 2.82. The van der Waals surface area contributed by atoms with E-state index < -0.39 is 0 Å². The Morgan fingerprint density at radius 2 is 0.545 bits per heavy atom. The summed E-state index contributed by atoms with van der Waals surface area (Å²) in [6, 6.07) is 0. The van der Waals surface area contributed by atoms with Gasteiger partial charge in [0.1, 0.15) is 0 Å². The topological polar surface area (TPSA) is 0 Å². The van der Waals surface area contributed by atoms with E-state index in [9.17, 15) is 0 Å². The van der Waals surface area contributed by atoms with Crippen molar-refractivity contribution in [3.05, 3.63) is 0 Å². The van der Waals surface area contributed by atoms with Gasteiger partial charge >= 0.3 is 0 Å². The molecule has 0 heterocycles. The molecule has 0 N–H and O–H groups in total. The monoisotopic (exact) mass is 465 g/mol. The molecule has 2 atom stereocenters. The predicted molar refractivity (Wildman–Crippen MR) is 154 cm³/mol. The van der Waals surface area contributed by atoms with Gasteiger partial charge in [0.25, 0.3) is 0 Å². The minimum Gasteiger partial charge on any atom is -0.0654 e. The molecule has 0 radical (unpaired) electrons. The molecule has 0 aromatic rings. The summed E-state index contributed by atoms with van der Waals surface area (Å²) in [6.45, 7) is 9.54. The summed E-state index contributed by atoms with van der Waals surface area (Å²) in [4.78, 5) is 0. The van der Waals surface area contributed by atoms with Gasteiger partial charge in [0.2, 0.25) is 0 Å². The highest BCUT2D eigenvalue weighted by molar-refractivity contribution is 4.57. The van der Waals surface area contributed by atoms with Gasteiger partial charge in [0, 0.05) is 0 Å². The molecule has 2 unspecified atom stereocenters. The van der Waals surface area contributed by atoms with Gasteiger partial charge in [-0.3, -0.25) is 0 Å². The fourth-order valence-corrected chi connectivity index (χ4v) is 5.26. The van der Waals surface area contributed by atoms with E-state index in [1.165, 1.54) is 173 Å². The predicted octanol–water partition coefficient (Wildman–Crippen LogP) is 12.8. The Kier molecular flexibility index (Phi) is 28.2. The second kappa shape index (κ2) is 28.2. The maximum atomic E-state index is 2.50. The molecule has 0 aliphatic heterocycles. The van der Waals surface area contributed by atoms with Crippen molar-refractivity contribution in [1.29, 1.82) is 0 Å². The van der Waals surface area contributed by atoms with Gasteiger partial charge < -0.3 is 0 Å². The van der Waals surface area contributed by atoms with E-state index >= 15 is 0 Å². The molecule has 0 saturated heterocycles. The molecule has 0 heteroatoms. The lowest BCUT2D eigenvalue weighted by Gasteiger charge is -2.11. The lowest BCUT2D eigenvalue weighted by Crippen LogP contribution is -1.95. The van der Waals surface area contributed by atoms with Crippen molar-refractivity contribution in [3.8, 4) is 0 Å². The molecule has 0 spiro atoms. The largest absolute Gasteiger partial charge is 0.0654 e. The normalized spacial score (nSPS) is 13.5. The molecule has 200 valence electrons. The zero-order chi connectivity index (χ0) is 24.2. The lowest BCUT2D eigenvalue weighted by molar-refractivity contribution is 0.429. The van der Waals surface area contributed by atoms with Crippen LogP contribution in [0.5, 0.6) is 0 Å². The molecule has 0 aliphatic carbocycles. The van der Waals surface area contributed by atoms with Crippen LogP contribution in [0, 0.1) is 11.8 Å². The standard InChI is InChI=1S/C33H68/c1-5-7-8-9-10-11-12-14-18-21-24-27-30-33(4)31-28-25-22-19-16-13-15-17-20-23-26-29-32(3)6-2/h32-33H,5-31H2,1-4H3. The number of rotatable bonds is 28. The van der Waals surface area contributed by atoms with Crippen molar-refractivity contribution in [2.45, 2.75) is 201 Å². The van der Waals surface area contributed by atoms with Crippen molar-refractivity contribution < 1.29 is 0 Å². The lowest BCUT2D eigenvalue weighted by atomic mass is 9.95. The highest BCUT2D eigenvalue weighted by Crippen LogP contribution is 2.20. The Morgan fingerprint density at radius 1 is 0.303 bits per heavy atom. The Balaban J connectivity index is 3.15. The van der Waals surface area contributed by atoms with Gasteiger partial charge in [-0.2, -0.15) is 0 Å². The van der Waals surface area contributed by atoms with Crippen LogP contribution in [0.3, 0.4) is 0 Å². The van der Waals surface area contributed by atoms with E-state index in [-0.39, 0.29) is 0 Å². The van der Waals surface area contributed by atoms with Crippen molar-refractivity contribution in [1.82, 2.24) is 0 Å². The zero-order valence-corrected chi connectivity index (χ0v) is 24.2. The first-order valence-corrected chi connectivity index (χ1v) is 16.2. The van der Waals surface area contributed by atoms with Crippen LogP contribution in [0.25, 0.3) is 0 Å². The van der Waals surface area contributed by atoms with Crippen LogP contribution in [0.2, 0.25) is 0 Å². The first kappa shape index (κ1) is 33.0. The van der Waals surface area contributed by atoms with Crippen molar-refractivity contribution in [2.24, 2.45) is 11.8 Å². The summed E-state index contributed by atoms with van der Waals surface area (Å²) in [5.74, 6) is 1.91. The third kappa shape index (κ3) is 28.1. The van der Waals surface area contributed by atoms with Gasteiger partial charge in [-0.15, -0.1) is 0 Å². The molecule has 0 aliphatic rings. The minimum absolute atomic E-state index is 0.947. The smallest absolute Gasteiger partial charge is 0.0443 e. The van der Waals surface area contributed by atoms with Gasteiger partial charge in [0.15, 0.2) is 0 Å². The van der Waals surface area contributed by atoms with Crippen LogP contribution in [-0.4, -0.2) is 0 Å². The van der Waals surface area contributed by atoms with Crippen LogP contribution in [0.15, 0.2) is 0 Å².